The maximum Gasteiger partial charge on any atom is 0.239 e. The van der Waals surface area contributed by atoms with Crippen LogP contribution in [0.4, 0.5) is 5.82 Å². The fourth-order valence-corrected chi connectivity index (χ4v) is 4.10. The van der Waals surface area contributed by atoms with Crippen LogP contribution in [0, 0.1) is 25.2 Å². The molecule has 2 aliphatic rings. The van der Waals surface area contributed by atoms with Crippen molar-refractivity contribution in [2.24, 2.45) is 0 Å². The molecule has 26 heavy (non-hydrogen) atoms. The van der Waals surface area contributed by atoms with E-state index in [0.717, 1.165) is 50.1 Å². The molecule has 0 radical (unpaired) electrons. The van der Waals surface area contributed by atoms with Gasteiger partial charge in [-0.1, -0.05) is 6.42 Å². The van der Waals surface area contributed by atoms with Crippen molar-refractivity contribution < 1.29 is 9.53 Å². The van der Waals surface area contributed by atoms with E-state index in [2.05, 4.69) is 27.8 Å². The molecule has 3 rings (SSSR count). The molecule has 0 saturated carbocycles. The summed E-state index contributed by atoms with van der Waals surface area (Å²) in [5, 5.41) is 12.7. The summed E-state index contributed by atoms with van der Waals surface area (Å²) in [6.07, 6.45) is 5.78. The molecular formula is C20H30N4O2. The molecule has 1 aromatic rings. The summed E-state index contributed by atoms with van der Waals surface area (Å²) in [6, 6.07) is 2.71. The van der Waals surface area contributed by atoms with Crippen LogP contribution in [0.2, 0.25) is 0 Å². The summed E-state index contributed by atoms with van der Waals surface area (Å²) >= 11 is 0. The largest absolute Gasteiger partial charge is 0.376 e. The van der Waals surface area contributed by atoms with Crippen molar-refractivity contribution in [3.63, 3.8) is 0 Å². The number of nitrogens with zero attached hydrogens (tertiary/aromatic N) is 3. The lowest BCUT2D eigenvalue weighted by Crippen LogP contribution is -2.42. The van der Waals surface area contributed by atoms with Gasteiger partial charge in [0.1, 0.15) is 11.9 Å². The van der Waals surface area contributed by atoms with Gasteiger partial charge < -0.3 is 14.6 Å². The quantitative estimate of drug-likeness (QED) is 0.878. The van der Waals surface area contributed by atoms with E-state index in [9.17, 15) is 10.1 Å². The van der Waals surface area contributed by atoms with Gasteiger partial charge in [-0.2, -0.15) is 5.26 Å². The first-order valence-electron chi connectivity index (χ1n) is 9.76. The van der Waals surface area contributed by atoms with Gasteiger partial charge in [0.25, 0.3) is 0 Å². The Bertz CT molecular complexity index is 698. The fourth-order valence-electron chi connectivity index (χ4n) is 4.10. The van der Waals surface area contributed by atoms with Gasteiger partial charge in [-0.3, -0.25) is 9.69 Å². The van der Waals surface area contributed by atoms with Crippen LogP contribution in [0.3, 0.4) is 0 Å². The van der Waals surface area contributed by atoms with Crippen LogP contribution >= 0.6 is 0 Å². The third kappa shape index (κ3) is 3.94. The maximum absolute atomic E-state index is 12.7. The van der Waals surface area contributed by atoms with E-state index in [-0.39, 0.29) is 12.0 Å². The summed E-state index contributed by atoms with van der Waals surface area (Å²) in [6.45, 7) is 8.97. The minimum Gasteiger partial charge on any atom is -0.376 e. The Morgan fingerprint density at radius 3 is 2.77 bits per heavy atom. The molecule has 6 nitrogen and oxygen atoms in total. The molecule has 2 saturated heterocycles. The van der Waals surface area contributed by atoms with E-state index >= 15 is 0 Å². The van der Waals surface area contributed by atoms with Gasteiger partial charge in [0.05, 0.1) is 24.8 Å². The predicted octanol–water partition coefficient (Wildman–Crippen LogP) is 2.97. The minimum absolute atomic E-state index is 0.0404. The molecule has 2 unspecified atom stereocenters. The smallest absolute Gasteiger partial charge is 0.239 e. The highest BCUT2D eigenvalue weighted by Crippen LogP contribution is 2.28. The maximum atomic E-state index is 12.7. The molecule has 1 amide bonds. The van der Waals surface area contributed by atoms with Gasteiger partial charge >= 0.3 is 0 Å². The van der Waals surface area contributed by atoms with E-state index in [4.69, 9.17) is 4.74 Å². The molecule has 2 fully saturated rings. The van der Waals surface area contributed by atoms with Gasteiger partial charge in [0.2, 0.25) is 5.91 Å². The highest BCUT2D eigenvalue weighted by Gasteiger charge is 2.25. The number of rotatable bonds is 5. The van der Waals surface area contributed by atoms with E-state index in [1.165, 1.54) is 6.42 Å². The number of hydrogen-bond acceptors (Lipinski definition) is 4. The lowest BCUT2D eigenvalue weighted by molar-refractivity contribution is -0.118. The molecule has 0 bridgehead atoms. The lowest BCUT2D eigenvalue weighted by atomic mass is 10.0. The second kappa shape index (κ2) is 8.24. The fraction of sp³-hybridized carbons (Fsp3) is 0.700. The minimum atomic E-state index is -0.0404. The third-order valence-electron chi connectivity index (χ3n) is 5.90. The van der Waals surface area contributed by atoms with Crippen molar-refractivity contribution >= 4 is 11.7 Å². The van der Waals surface area contributed by atoms with Gasteiger partial charge in [0.15, 0.2) is 0 Å². The Morgan fingerprint density at radius 2 is 2.12 bits per heavy atom. The molecule has 3 heterocycles. The zero-order valence-corrected chi connectivity index (χ0v) is 16.2. The highest BCUT2D eigenvalue weighted by atomic mass is 16.5. The summed E-state index contributed by atoms with van der Waals surface area (Å²) < 4.78 is 7.82. The average Bonchev–Trinajstić information content (AvgIpc) is 3.20. The van der Waals surface area contributed by atoms with Crippen molar-refractivity contribution in [1.82, 2.24) is 9.47 Å². The van der Waals surface area contributed by atoms with Crippen molar-refractivity contribution in [2.45, 2.75) is 71.6 Å². The van der Waals surface area contributed by atoms with Crippen LogP contribution < -0.4 is 5.32 Å². The molecule has 6 heteroatoms. The average molecular weight is 358 g/mol. The van der Waals surface area contributed by atoms with Gasteiger partial charge in [-0.25, -0.2) is 0 Å². The number of anilines is 1. The number of ether oxygens (including phenoxy) is 1. The topological polar surface area (TPSA) is 70.3 Å². The summed E-state index contributed by atoms with van der Waals surface area (Å²) in [4.78, 5) is 14.9. The summed E-state index contributed by atoms with van der Waals surface area (Å²) in [5.74, 6) is 0.592. The Hall–Kier alpha value is -1.84. The highest BCUT2D eigenvalue weighted by molar-refractivity contribution is 5.93. The van der Waals surface area contributed by atoms with Crippen molar-refractivity contribution in [2.75, 3.05) is 25.0 Å². The Balaban J connectivity index is 1.77. The number of nitriles is 1. The van der Waals surface area contributed by atoms with Crippen LogP contribution in [-0.4, -0.2) is 47.2 Å². The normalized spacial score (nSPS) is 23.8. The first kappa shape index (κ1) is 18.9. The van der Waals surface area contributed by atoms with E-state index in [1.807, 2.05) is 13.8 Å². The number of amides is 1. The van der Waals surface area contributed by atoms with Crippen LogP contribution in [0.25, 0.3) is 0 Å². The second-order valence-corrected chi connectivity index (χ2v) is 7.65. The molecule has 2 aliphatic heterocycles. The van der Waals surface area contributed by atoms with Crippen LogP contribution in [0.15, 0.2) is 0 Å². The number of carbonyl (C=O) groups is 1. The molecule has 2 atom stereocenters. The van der Waals surface area contributed by atoms with E-state index in [0.29, 0.717) is 30.5 Å². The summed E-state index contributed by atoms with van der Waals surface area (Å²) in [5.41, 5.74) is 2.53. The first-order valence-corrected chi connectivity index (χ1v) is 9.76. The van der Waals surface area contributed by atoms with Crippen LogP contribution in [0.5, 0.6) is 0 Å². The molecule has 0 aromatic carbocycles. The predicted molar refractivity (Wildman–Crippen MR) is 101 cm³/mol. The van der Waals surface area contributed by atoms with Crippen LogP contribution in [0.1, 0.15) is 55.8 Å². The van der Waals surface area contributed by atoms with Crippen LogP contribution in [-0.2, 0) is 16.1 Å². The van der Waals surface area contributed by atoms with E-state index in [1.54, 1.807) is 0 Å². The number of carbonyl (C=O) groups excluding carboxylic acids is 1. The van der Waals surface area contributed by atoms with Crippen molar-refractivity contribution in [1.29, 1.82) is 5.26 Å². The number of nitrogens with one attached hydrogen (secondary N) is 1. The molecule has 1 aromatic heterocycles. The molecule has 0 aliphatic carbocycles. The third-order valence-corrected chi connectivity index (χ3v) is 5.90. The molecule has 1 N–H and O–H groups in total. The van der Waals surface area contributed by atoms with Crippen molar-refractivity contribution in [3.8, 4) is 6.07 Å². The Kier molecular flexibility index (Phi) is 6.00. The summed E-state index contributed by atoms with van der Waals surface area (Å²) in [7, 11) is 0. The number of hydrogen-bond donors (Lipinski definition) is 1. The standard InChI is InChI=1S/C20H30N4O2/c1-14-7-4-5-9-23(14)13-19(25)22-20-18(11-21)15(2)16(3)24(20)12-17-8-6-10-26-17/h14,17H,4-10,12-13H2,1-3H3,(H,22,25). The zero-order valence-electron chi connectivity index (χ0n) is 16.2. The first-order chi connectivity index (χ1) is 12.5. The zero-order chi connectivity index (χ0) is 18.7. The van der Waals surface area contributed by atoms with Gasteiger partial charge in [-0.15, -0.1) is 0 Å². The molecule has 0 spiro atoms. The number of aromatic nitrogens is 1. The second-order valence-electron chi connectivity index (χ2n) is 7.65. The number of likely N-dealkylation sites (tertiary alicyclic amines) is 1. The monoisotopic (exact) mass is 358 g/mol. The SMILES string of the molecule is Cc1c(C#N)c(NC(=O)CN2CCCCC2C)n(CC2CCCO2)c1C. The van der Waals surface area contributed by atoms with E-state index < -0.39 is 0 Å². The lowest BCUT2D eigenvalue weighted by Gasteiger charge is -2.32. The van der Waals surface area contributed by atoms with Crippen molar-refractivity contribution in [3.05, 3.63) is 16.8 Å². The van der Waals surface area contributed by atoms with Gasteiger partial charge in [0, 0.05) is 18.3 Å². The Morgan fingerprint density at radius 1 is 1.31 bits per heavy atom. The Labute approximate surface area is 156 Å². The molecule has 142 valence electrons. The number of piperidine rings is 1. The van der Waals surface area contributed by atoms with Gasteiger partial charge in [-0.05, 0) is 58.6 Å². The molecular weight excluding hydrogens is 328 g/mol.